The molecule has 0 aliphatic carbocycles. The third-order valence-electron chi connectivity index (χ3n) is 3.44. The molecule has 0 aromatic heterocycles. The fraction of sp³-hybridized carbons (Fsp3) is 0.429. The first kappa shape index (κ1) is 15.1. The van der Waals surface area contributed by atoms with Crippen molar-refractivity contribution in [1.29, 1.82) is 0 Å². The maximum absolute atomic E-state index is 12.0. The summed E-state index contributed by atoms with van der Waals surface area (Å²) in [6, 6.07) is 6.77. The zero-order valence-corrected chi connectivity index (χ0v) is 11.6. The van der Waals surface area contributed by atoms with Gasteiger partial charge in [-0.3, -0.25) is 4.79 Å². The van der Waals surface area contributed by atoms with E-state index in [9.17, 15) is 9.90 Å². The highest BCUT2D eigenvalue weighted by atomic mass is 16.5. The Kier molecular flexibility index (Phi) is 4.99. The standard InChI is InChI=1S/C14H19N3O4/c15-14(16-20)11-3-1-2-4-12(11)21-9-13(19)17-7-5-10(18)6-8-17/h1-4,10,18,20H,5-9H2,(H2,15,16). The number of aliphatic hydroxyl groups is 1. The van der Waals surface area contributed by atoms with Gasteiger partial charge in [-0.2, -0.15) is 0 Å². The Balaban J connectivity index is 1.95. The van der Waals surface area contributed by atoms with E-state index in [1.807, 2.05) is 0 Å². The molecule has 1 aliphatic heterocycles. The molecule has 7 nitrogen and oxygen atoms in total. The second-order valence-electron chi connectivity index (χ2n) is 4.88. The first-order valence-corrected chi connectivity index (χ1v) is 6.77. The van der Waals surface area contributed by atoms with Gasteiger partial charge in [-0.1, -0.05) is 17.3 Å². The highest BCUT2D eigenvalue weighted by Crippen LogP contribution is 2.18. The molecule has 0 unspecified atom stereocenters. The summed E-state index contributed by atoms with van der Waals surface area (Å²) >= 11 is 0. The number of hydrogen-bond donors (Lipinski definition) is 3. The number of nitrogens with two attached hydrogens (primary N) is 1. The quantitative estimate of drug-likeness (QED) is 0.317. The fourth-order valence-corrected chi connectivity index (χ4v) is 2.20. The van der Waals surface area contributed by atoms with E-state index in [-0.39, 0.29) is 24.5 Å². The van der Waals surface area contributed by atoms with Crippen molar-refractivity contribution in [3.05, 3.63) is 29.8 Å². The van der Waals surface area contributed by atoms with Gasteiger partial charge in [0, 0.05) is 13.1 Å². The number of para-hydroxylation sites is 1. The molecule has 4 N–H and O–H groups in total. The van der Waals surface area contributed by atoms with Crippen LogP contribution in [-0.4, -0.2) is 52.8 Å². The number of hydrogen-bond acceptors (Lipinski definition) is 5. The van der Waals surface area contributed by atoms with Crippen LogP contribution in [0.5, 0.6) is 5.75 Å². The van der Waals surface area contributed by atoms with Crippen LogP contribution >= 0.6 is 0 Å². The molecule has 0 bridgehead atoms. The number of amidine groups is 1. The summed E-state index contributed by atoms with van der Waals surface area (Å²) in [5.74, 6) is 0.175. The van der Waals surface area contributed by atoms with E-state index in [1.165, 1.54) is 0 Å². The van der Waals surface area contributed by atoms with E-state index in [0.717, 1.165) is 0 Å². The van der Waals surface area contributed by atoms with E-state index in [2.05, 4.69) is 5.16 Å². The van der Waals surface area contributed by atoms with Crippen molar-refractivity contribution >= 4 is 11.7 Å². The summed E-state index contributed by atoms with van der Waals surface area (Å²) < 4.78 is 5.48. The molecule has 1 aromatic rings. The second kappa shape index (κ2) is 6.94. The number of carbonyl (C=O) groups excluding carboxylic acids is 1. The molecule has 0 spiro atoms. The number of nitrogens with zero attached hydrogens (tertiary/aromatic N) is 2. The monoisotopic (exact) mass is 293 g/mol. The maximum atomic E-state index is 12.0. The molecule has 1 saturated heterocycles. The molecule has 1 amide bonds. The largest absolute Gasteiger partial charge is 0.483 e. The van der Waals surface area contributed by atoms with Crippen molar-refractivity contribution in [1.82, 2.24) is 4.90 Å². The van der Waals surface area contributed by atoms with E-state index in [1.54, 1.807) is 29.2 Å². The minimum absolute atomic E-state index is 0.0702. The van der Waals surface area contributed by atoms with Crippen molar-refractivity contribution in [3.63, 3.8) is 0 Å². The molecular weight excluding hydrogens is 274 g/mol. The first-order valence-electron chi connectivity index (χ1n) is 6.77. The molecule has 0 saturated carbocycles. The minimum Gasteiger partial charge on any atom is -0.483 e. The van der Waals surface area contributed by atoms with Crippen LogP contribution in [0.25, 0.3) is 0 Å². The molecule has 7 heteroatoms. The minimum atomic E-state index is -0.323. The average Bonchev–Trinajstić information content (AvgIpc) is 2.52. The van der Waals surface area contributed by atoms with Crippen LogP contribution in [0, 0.1) is 0 Å². The van der Waals surface area contributed by atoms with E-state index < -0.39 is 0 Å². The predicted molar refractivity (Wildman–Crippen MR) is 76.3 cm³/mol. The van der Waals surface area contributed by atoms with E-state index >= 15 is 0 Å². The fourth-order valence-electron chi connectivity index (χ4n) is 2.20. The Labute approximate surface area is 122 Å². The lowest BCUT2D eigenvalue weighted by atomic mass is 10.1. The molecule has 1 aromatic carbocycles. The van der Waals surface area contributed by atoms with Crippen molar-refractivity contribution < 1.29 is 19.8 Å². The Hall–Kier alpha value is -2.28. The number of ether oxygens (including phenoxy) is 1. The SMILES string of the molecule is N/C(=N\O)c1ccccc1OCC(=O)N1CCC(O)CC1. The molecular formula is C14H19N3O4. The number of oxime groups is 1. The third kappa shape index (κ3) is 3.85. The topological polar surface area (TPSA) is 108 Å². The summed E-state index contributed by atoms with van der Waals surface area (Å²) in [7, 11) is 0. The molecule has 114 valence electrons. The van der Waals surface area contributed by atoms with Crippen LogP contribution in [0.3, 0.4) is 0 Å². The molecule has 1 heterocycles. The third-order valence-corrected chi connectivity index (χ3v) is 3.44. The van der Waals surface area contributed by atoms with E-state index in [4.69, 9.17) is 15.7 Å². The molecule has 21 heavy (non-hydrogen) atoms. The number of aliphatic hydroxyl groups excluding tert-OH is 1. The highest BCUT2D eigenvalue weighted by Gasteiger charge is 2.21. The summed E-state index contributed by atoms with van der Waals surface area (Å²) in [4.78, 5) is 13.7. The van der Waals surface area contributed by atoms with Gasteiger partial charge in [0.2, 0.25) is 0 Å². The maximum Gasteiger partial charge on any atom is 0.260 e. The van der Waals surface area contributed by atoms with Gasteiger partial charge in [0.1, 0.15) is 5.75 Å². The number of rotatable bonds is 4. The van der Waals surface area contributed by atoms with Crippen LogP contribution in [0.1, 0.15) is 18.4 Å². The van der Waals surface area contributed by atoms with Crippen LogP contribution in [0.4, 0.5) is 0 Å². The normalized spacial score (nSPS) is 16.8. The molecule has 0 radical (unpaired) electrons. The molecule has 2 rings (SSSR count). The van der Waals surface area contributed by atoms with Crippen molar-refractivity contribution in [2.75, 3.05) is 19.7 Å². The lowest BCUT2D eigenvalue weighted by Crippen LogP contribution is -2.42. The average molecular weight is 293 g/mol. The van der Waals surface area contributed by atoms with Crippen molar-refractivity contribution in [3.8, 4) is 5.75 Å². The van der Waals surface area contributed by atoms with Gasteiger partial charge in [-0.05, 0) is 25.0 Å². The molecule has 1 fully saturated rings. The predicted octanol–water partition coefficient (Wildman–Crippen LogP) is 0.143. The summed E-state index contributed by atoms with van der Waals surface area (Å²) in [5, 5.41) is 21.1. The number of benzene rings is 1. The number of carbonyl (C=O) groups is 1. The summed E-state index contributed by atoms with van der Waals surface area (Å²) in [6.45, 7) is 0.947. The Morgan fingerprint density at radius 3 is 2.71 bits per heavy atom. The van der Waals surface area contributed by atoms with Crippen LogP contribution in [-0.2, 0) is 4.79 Å². The van der Waals surface area contributed by atoms with Gasteiger partial charge in [0.05, 0.1) is 11.7 Å². The van der Waals surface area contributed by atoms with Gasteiger partial charge in [-0.15, -0.1) is 0 Å². The van der Waals surface area contributed by atoms with Crippen molar-refractivity contribution in [2.24, 2.45) is 10.9 Å². The smallest absolute Gasteiger partial charge is 0.260 e. The Morgan fingerprint density at radius 1 is 1.38 bits per heavy atom. The second-order valence-corrected chi connectivity index (χ2v) is 4.88. The number of amides is 1. The lowest BCUT2D eigenvalue weighted by Gasteiger charge is -2.29. The van der Waals surface area contributed by atoms with Gasteiger partial charge in [0.15, 0.2) is 12.4 Å². The van der Waals surface area contributed by atoms with Crippen LogP contribution < -0.4 is 10.5 Å². The number of piperidine rings is 1. The Bertz CT molecular complexity index is 525. The van der Waals surface area contributed by atoms with E-state index in [0.29, 0.717) is 37.2 Å². The summed E-state index contributed by atoms with van der Waals surface area (Å²) in [6.07, 6.45) is 0.857. The Morgan fingerprint density at radius 2 is 2.05 bits per heavy atom. The zero-order valence-electron chi connectivity index (χ0n) is 11.6. The van der Waals surface area contributed by atoms with Gasteiger partial charge >= 0.3 is 0 Å². The molecule has 1 aliphatic rings. The highest BCUT2D eigenvalue weighted by molar-refractivity contribution is 5.99. The van der Waals surface area contributed by atoms with Gasteiger partial charge in [0.25, 0.3) is 5.91 Å². The van der Waals surface area contributed by atoms with Crippen LogP contribution in [0.15, 0.2) is 29.4 Å². The number of likely N-dealkylation sites (tertiary alicyclic amines) is 1. The van der Waals surface area contributed by atoms with Gasteiger partial charge < -0.3 is 25.7 Å². The van der Waals surface area contributed by atoms with Crippen LogP contribution in [0.2, 0.25) is 0 Å². The zero-order chi connectivity index (χ0) is 15.2. The summed E-state index contributed by atoms with van der Waals surface area (Å²) in [5.41, 5.74) is 5.99. The lowest BCUT2D eigenvalue weighted by molar-refractivity contribution is -0.135. The first-order chi connectivity index (χ1) is 10.1. The molecule has 0 atom stereocenters. The van der Waals surface area contributed by atoms with Gasteiger partial charge in [-0.25, -0.2) is 0 Å². The van der Waals surface area contributed by atoms with Crippen molar-refractivity contribution in [2.45, 2.75) is 18.9 Å².